The minimum absolute atomic E-state index is 0.0213. The van der Waals surface area contributed by atoms with Crippen LogP contribution in [0.2, 0.25) is 0 Å². The van der Waals surface area contributed by atoms with Crippen molar-refractivity contribution in [2.75, 3.05) is 4.90 Å². The summed E-state index contributed by atoms with van der Waals surface area (Å²) in [5, 5.41) is 10.1. The molecule has 0 radical (unpaired) electrons. The van der Waals surface area contributed by atoms with Gasteiger partial charge in [-0.05, 0) is 48.5 Å². The van der Waals surface area contributed by atoms with Crippen molar-refractivity contribution in [1.82, 2.24) is 0 Å². The quantitative estimate of drug-likeness (QED) is 0.153. The van der Waals surface area contributed by atoms with Crippen molar-refractivity contribution >= 4 is 17.7 Å². The molecule has 212 valence electrons. The number of nitrogens with zero attached hydrogens (tertiary/aromatic N) is 2. The Kier molecular flexibility index (Phi) is 6.99. The number of hydrogen-bond acceptors (Lipinski definition) is 6. The number of alkyl halides is 6. The van der Waals surface area contributed by atoms with Crippen LogP contribution in [-0.2, 0) is 12.4 Å². The van der Waals surface area contributed by atoms with Crippen molar-refractivity contribution in [1.29, 1.82) is 5.26 Å². The first kappa shape index (κ1) is 28.0. The summed E-state index contributed by atoms with van der Waals surface area (Å²) in [4.78, 5) is 27.7. The highest BCUT2D eigenvalue weighted by molar-refractivity contribution is 6.26. The minimum Gasteiger partial charge on any atom is -0.464 e. The van der Waals surface area contributed by atoms with Crippen LogP contribution in [0.3, 0.4) is 0 Å². The van der Waals surface area contributed by atoms with Gasteiger partial charge in [-0.3, -0.25) is 9.59 Å². The van der Waals surface area contributed by atoms with E-state index in [9.17, 15) is 41.2 Å². The molecule has 3 heterocycles. The molecular weight excluding hydrogens is 570 g/mol. The fraction of sp³-hybridized carbons (Fsp3) is 0.0690. The van der Waals surface area contributed by atoms with Crippen molar-refractivity contribution < 1.29 is 49.2 Å². The first-order valence-corrected chi connectivity index (χ1v) is 11.8. The fourth-order valence-electron chi connectivity index (χ4n) is 4.27. The van der Waals surface area contributed by atoms with Gasteiger partial charge in [-0.15, -0.1) is 0 Å². The molecule has 2 amide bonds. The van der Waals surface area contributed by atoms with E-state index in [1.165, 1.54) is 36.8 Å². The molecule has 2 aromatic carbocycles. The van der Waals surface area contributed by atoms with Crippen LogP contribution in [0.15, 0.2) is 98.6 Å². The summed E-state index contributed by atoms with van der Waals surface area (Å²) in [7, 11) is 0. The fourth-order valence-corrected chi connectivity index (χ4v) is 4.27. The minimum atomic E-state index is -5.09. The smallest absolute Gasteiger partial charge is 0.417 e. The highest BCUT2D eigenvalue weighted by Gasteiger charge is 2.43. The standard InChI is InChI=1S/C29H14F6N2O5/c30-28(31,32)19-9-3-1-7-16(19)25(38)37(26(39)17-8-2-4-10-20(17)29(33,34)35)27-18(15-36)23(21-11-5-13-40-21)24(42-27)22-12-6-14-41-22/h1-14H. The average molecular weight is 584 g/mol. The summed E-state index contributed by atoms with van der Waals surface area (Å²) in [5.41, 5.74) is -5.86. The number of imide groups is 1. The van der Waals surface area contributed by atoms with Gasteiger partial charge >= 0.3 is 12.4 Å². The van der Waals surface area contributed by atoms with Crippen LogP contribution in [0.1, 0.15) is 37.4 Å². The molecule has 0 fully saturated rings. The van der Waals surface area contributed by atoms with Gasteiger partial charge in [-0.25, -0.2) is 4.90 Å². The SMILES string of the molecule is N#Cc1c(N(C(=O)c2ccccc2C(F)(F)F)C(=O)c2ccccc2C(F)(F)F)oc(-c2ccco2)c1-c1ccco1. The molecule has 13 heteroatoms. The average Bonchev–Trinajstić information content (AvgIpc) is 3.73. The van der Waals surface area contributed by atoms with Crippen LogP contribution in [0, 0.1) is 11.3 Å². The third kappa shape index (κ3) is 4.94. The molecule has 0 saturated heterocycles. The summed E-state index contributed by atoms with van der Waals surface area (Å²) in [6, 6.07) is 14.1. The number of hydrogen-bond donors (Lipinski definition) is 0. The topological polar surface area (TPSA) is 101 Å². The molecular formula is C29H14F6N2O5. The molecule has 3 aromatic heterocycles. The van der Waals surface area contributed by atoms with Crippen molar-refractivity contribution in [3.8, 4) is 28.9 Å². The van der Waals surface area contributed by atoms with Gasteiger partial charge in [0.2, 0.25) is 5.88 Å². The van der Waals surface area contributed by atoms with Crippen molar-refractivity contribution in [2.24, 2.45) is 0 Å². The van der Waals surface area contributed by atoms with Gasteiger partial charge in [0.05, 0.1) is 40.3 Å². The Bertz CT molecular complexity index is 1740. The zero-order valence-corrected chi connectivity index (χ0v) is 20.8. The first-order chi connectivity index (χ1) is 19.9. The molecule has 0 unspecified atom stereocenters. The zero-order valence-electron chi connectivity index (χ0n) is 20.8. The monoisotopic (exact) mass is 584 g/mol. The Morgan fingerprint density at radius 2 is 1.17 bits per heavy atom. The summed E-state index contributed by atoms with van der Waals surface area (Å²) in [6.45, 7) is 0. The molecule has 7 nitrogen and oxygen atoms in total. The second kappa shape index (κ2) is 10.5. The van der Waals surface area contributed by atoms with Gasteiger partial charge in [0.1, 0.15) is 17.4 Å². The lowest BCUT2D eigenvalue weighted by Crippen LogP contribution is -2.39. The molecule has 0 spiro atoms. The number of amides is 2. The first-order valence-electron chi connectivity index (χ1n) is 11.8. The third-order valence-electron chi connectivity index (χ3n) is 6.05. The molecule has 5 rings (SSSR count). The van der Waals surface area contributed by atoms with Crippen LogP contribution < -0.4 is 4.90 Å². The molecule has 0 saturated carbocycles. The van der Waals surface area contributed by atoms with Gasteiger partial charge in [0.25, 0.3) is 11.8 Å². The number of nitriles is 1. The lowest BCUT2D eigenvalue weighted by Gasteiger charge is -2.22. The van der Waals surface area contributed by atoms with Crippen molar-refractivity contribution in [3.63, 3.8) is 0 Å². The zero-order chi connectivity index (χ0) is 30.2. The van der Waals surface area contributed by atoms with Gasteiger partial charge in [0, 0.05) is 0 Å². The summed E-state index contributed by atoms with van der Waals surface area (Å²) < 4.78 is 99.9. The number of rotatable bonds is 5. The summed E-state index contributed by atoms with van der Waals surface area (Å²) >= 11 is 0. The van der Waals surface area contributed by atoms with E-state index in [-0.39, 0.29) is 27.7 Å². The maximum absolute atomic E-state index is 13.9. The van der Waals surface area contributed by atoms with Crippen LogP contribution in [-0.4, -0.2) is 11.8 Å². The molecule has 0 aliphatic heterocycles. The van der Waals surface area contributed by atoms with Gasteiger partial charge in [0.15, 0.2) is 11.5 Å². The van der Waals surface area contributed by atoms with Crippen LogP contribution in [0.5, 0.6) is 0 Å². The highest BCUT2D eigenvalue weighted by atomic mass is 19.4. The van der Waals surface area contributed by atoms with E-state index in [2.05, 4.69) is 0 Å². The maximum atomic E-state index is 13.9. The Hall–Kier alpha value is -5.51. The second-order valence-electron chi connectivity index (χ2n) is 8.59. The summed E-state index contributed by atoms with van der Waals surface area (Å²) in [5.74, 6) is -4.70. The Labute approximate surface area is 231 Å². The molecule has 0 bridgehead atoms. The van der Waals surface area contributed by atoms with Crippen molar-refractivity contribution in [2.45, 2.75) is 12.4 Å². The van der Waals surface area contributed by atoms with Gasteiger partial charge in [-0.2, -0.15) is 31.6 Å². The number of benzene rings is 2. The molecule has 0 aliphatic rings. The molecule has 0 atom stereocenters. The molecule has 0 N–H and O–H groups in total. The second-order valence-corrected chi connectivity index (χ2v) is 8.59. The van der Waals surface area contributed by atoms with E-state index in [1.54, 1.807) is 6.07 Å². The molecule has 5 aromatic rings. The van der Waals surface area contributed by atoms with Crippen molar-refractivity contribution in [3.05, 3.63) is 113 Å². The van der Waals surface area contributed by atoms with Crippen LogP contribution in [0.4, 0.5) is 32.2 Å². The van der Waals surface area contributed by atoms with Crippen LogP contribution in [0.25, 0.3) is 22.8 Å². The van der Waals surface area contributed by atoms with Gasteiger partial charge in [-0.1, -0.05) is 24.3 Å². The van der Waals surface area contributed by atoms with E-state index in [0.717, 1.165) is 36.4 Å². The number of halogens is 6. The van der Waals surface area contributed by atoms with E-state index in [0.29, 0.717) is 12.1 Å². The Morgan fingerprint density at radius 1 is 0.690 bits per heavy atom. The number of furan rings is 3. The number of carbonyl (C=O) groups excluding carboxylic acids is 2. The summed E-state index contributed by atoms with van der Waals surface area (Å²) in [6.07, 6.45) is -7.74. The third-order valence-corrected chi connectivity index (χ3v) is 6.05. The van der Waals surface area contributed by atoms with Gasteiger partial charge < -0.3 is 13.3 Å². The normalized spacial score (nSPS) is 11.7. The lowest BCUT2D eigenvalue weighted by molar-refractivity contribution is -0.138. The molecule has 0 aliphatic carbocycles. The number of carbonyl (C=O) groups is 2. The van der Waals surface area contributed by atoms with E-state index in [4.69, 9.17) is 13.3 Å². The predicted molar refractivity (Wildman–Crippen MR) is 133 cm³/mol. The lowest BCUT2D eigenvalue weighted by atomic mass is 10.0. The van der Waals surface area contributed by atoms with Crippen LogP contribution >= 0.6 is 0 Å². The maximum Gasteiger partial charge on any atom is 0.417 e. The highest BCUT2D eigenvalue weighted by Crippen LogP contribution is 2.45. The van der Waals surface area contributed by atoms with E-state index in [1.807, 2.05) is 0 Å². The van der Waals surface area contributed by atoms with E-state index >= 15 is 0 Å². The Balaban J connectivity index is 1.83. The predicted octanol–water partition coefficient (Wildman–Crippen LogP) is 8.20. The Morgan fingerprint density at radius 3 is 1.60 bits per heavy atom. The number of anilines is 1. The van der Waals surface area contributed by atoms with E-state index < -0.39 is 57.9 Å². The largest absolute Gasteiger partial charge is 0.464 e. The molecule has 42 heavy (non-hydrogen) atoms.